The minimum absolute atomic E-state index is 0. The summed E-state index contributed by atoms with van der Waals surface area (Å²) in [7, 11) is 3.74. The van der Waals surface area contributed by atoms with Crippen LogP contribution in [0.5, 0.6) is 0 Å². The normalized spacial score (nSPS) is 20.0. The summed E-state index contributed by atoms with van der Waals surface area (Å²) in [4.78, 5) is 15.0. The molecule has 1 N–H and O–H groups in total. The molecule has 1 unspecified atom stereocenters. The Morgan fingerprint density at radius 3 is 2.56 bits per heavy atom. The number of allylic oxidation sites excluding steroid dienone is 3. The summed E-state index contributed by atoms with van der Waals surface area (Å²) in [5, 5.41) is 2.84. The standard InChI is InChI=1S/C18H28N2O.C7H9NO2.CH4/c1-5-9-17(21-14-16-10-7-6-8-11-16)20-13-12-19(4)15-18(20,2)3;1-10-7-4-2-3-6(5-9)8-7;/h6-11H,5,12-15H2,1-4H3;2-6,8H,1H3;1H4/b17-9-;;. The first-order valence-electron chi connectivity index (χ1n) is 10.9. The number of carbonyl (C=O) groups is 1. The molecule has 1 aromatic rings. The molecule has 0 aliphatic carbocycles. The van der Waals surface area contributed by atoms with Crippen molar-refractivity contribution in [2.24, 2.45) is 0 Å². The molecule has 178 valence electrons. The van der Waals surface area contributed by atoms with E-state index in [4.69, 9.17) is 9.47 Å². The molecule has 0 bridgehead atoms. The number of nitrogens with one attached hydrogen (secondary N) is 1. The Morgan fingerprint density at radius 2 is 1.97 bits per heavy atom. The zero-order valence-electron chi connectivity index (χ0n) is 19.5. The maximum Gasteiger partial charge on any atom is 0.187 e. The number of benzene rings is 1. The van der Waals surface area contributed by atoms with E-state index in [0.717, 1.165) is 38.2 Å². The van der Waals surface area contributed by atoms with Crippen molar-refractivity contribution < 1.29 is 14.3 Å². The van der Waals surface area contributed by atoms with Gasteiger partial charge in [0.25, 0.3) is 0 Å². The smallest absolute Gasteiger partial charge is 0.187 e. The van der Waals surface area contributed by atoms with E-state index in [-0.39, 0.29) is 19.0 Å². The van der Waals surface area contributed by atoms with E-state index in [1.807, 2.05) is 6.07 Å². The maximum absolute atomic E-state index is 10.2. The second-order valence-corrected chi connectivity index (χ2v) is 8.35. The van der Waals surface area contributed by atoms with E-state index in [9.17, 15) is 4.79 Å². The topological polar surface area (TPSA) is 54.0 Å². The molecule has 2 aliphatic heterocycles. The monoisotopic (exact) mass is 443 g/mol. The highest BCUT2D eigenvalue weighted by molar-refractivity contribution is 5.62. The van der Waals surface area contributed by atoms with Gasteiger partial charge in [-0.3, -0.25) is 0 Å². The molecular formula is C26H41N3O3. The van der Waals surface area contributed by atoms with Crippen molar-refractivity contribution in [1.82, 2.24) is 15.1 Å². The van der Waals surface area contributed by atoms with Crippen LogP contribution in [0.3, 0.4) is 0 Å². The lowest BCUT2D eigenvalue weighted by atomic mass is 9.99. The van der Waals surface area contributed by atoms with E-state index in [0.29, 0.717) is 12.5 Å². The second-order valence-electron chi connectivity index (χ2n) is 8.35. The van der Waals surface area contributed by atoms with Crippen molar-refractivity contribution >= 4 is 6.29 Å². The fraction of sp³-hybridized carbons (Fsp3) is 0.500. The van der Waals surface area contributed by atoms with Crippen molar-refractivity contribution in [2.45, 2.75) is 52.8 Å². The molecule has 1 aromatic carbocycles. The molecule has 2 aliphatic rings. The summed E-state index contributed by atoms with van der Waals surface area (Å²) < 4.78 is 11.0. The van der Waals surface area contributed by atoms with Gasteiger partial charge in [-0.25, -0.2) is 0 Å². The summed E-state index contributed by atoms with van der Waals surface area (Å²) in [5.41, 5.74) is 1.32. The van der Waals surface area contributed by atoms with Crippen LogP contribution in [0.4, 0.5) is 0 Å². The Morgan fingerprint density at radius 1 is 1.25 bits per heavy atom. The predicted molar refractivity (Wildman–Crippen MR) is 132 cm³/mol. The van der Waals surface area contributed by atoms with E-state index in [1.54, 1.807) is 25.3 Å². The van der Waals surface area contributed by atoms with Gasteiger partial charge in [0.15, 0.2) is 11.8 Å². The zero-order valence-corrected chi connectivity index (χ0v) is 19.5. The summed E-state index contributed by atoms with van der Waals surface area (Å²) in [6.07, 6.45) is 9.33. The zero-order chi connectivity index (χ0) is 22.7. The van der Waals surface area contributed by atoms with Crippen molar-refractivity contribution in [3.63, 3.8) is 0 Å². The average Bonchev–Trinajstić information content (AvgIpc) is 2.77. The first kappa shape index (κ1) is 27.3. The van der Waals surface area contributed by atoms with Crippen molar-refractivity contribution in [3.8, 4) is 0 Å². The highest BCUT2D eigenvalue weighted by Crippen LogP contribution is 2.26. The molecule has 2 heterocycles. The van der Waals surface area contributed by atoms with Gasteiger partial charge >= 0.3 is 0 Å². The summed E-state index contributed by atoms with van der Waals surface area (Å²) in [5.74, 6) is 1.65. The second kappa shape index (κ2) is 13.6. The number of carbonyl (C=O) groups excluding carboxylic acids is 1. The SMILES string of the molecule is C.CC/C=C(\OCc1ccccc1)N1CCN(C)CC1(C)C.COC1=CC=CC(C=O)N1. The third-order valence-electron chi connectivity index (χ3n) is 5.21. The van der Waals surface area contributed by atoms with Crippen LogP contribution in [0.25, 0.3) is 0 Å². The lowest BCUT2D eigenvalue weighted by molar-refractivity contribution is -0.108. The molecule has 0 spiro atoms. The number of aldehydes is 1. The third kappa shape index (κ3) is 8.42. The van der Waals surface area contributed by atoms with Crippen LogP contribution in [0, 0.1) is 0 Å². The lowest BCUT2D eigenvalue weighted by Gasteiger charge is -2.47. The van der Waals surface area contributed by atoms with Gasteiger partial charge in [-0.2, -0.15) is 0 Å². The quantitative estimate of drug-likeness (QED) is 0.500. The molecule has 1 saturated heterocycles. The van der Waals surface area contributed by atoms with Crippen molar-refractivity contribution in [3.05, 3.63) is 72.0 Å². The number of hydrogen-bond donors (Lipinski definition) is 1. The molecule has 0 aromatic heterocycles. The summed E-state index contributed by atoms with van der Waals surface area (Å²) >= 11 is 0. The molecule has 3 rings (SSSR count). The van der Waals surface area contributed by atoms with Crippen LogP contribution in [-0.4, -0.2) is 61.5 Å². The van der Waals surface area contributed by atoms with Crippen LogP contribution in [0.15, 0.2) is 66.4 Å². The molecule has 6 nitrogen and oxygen atoms in total. The predicted octanol–water partition coefficient (Wildman–Crippen LogP) is 4.32. The number of piperazine rings is 1. The van der Waals surface area contributed by atoms with E-state index < -0.39 is 0 Å². The number of rotatable bonds is 7. The van der Waals surface area contributed by atoms with Crippen LogP contribution < -0.4 is 5.32 Å². The van der Waals surface area contributed by atoms with Crippen molar-refractivity contribution in [1.29, 1.82) is 0 Å². The largest absolute Gasteiger partial charge is 0.483 e. The molecular weight excluding hydrogens is 402 g/mol. The maximum atomic E-state index is 10.2. The Labute approximate surface area is 194 Å². The first-order valence-corrected chi connectivity index (χ1v) is 10.9. The molecule has 6 heteroatoms. The van der Waals surface area contributed by atoms with Crippen LogP contribution in [0.1, 0.15) is 40.2 Å². The van der Waals surface area contributed by atoms with Gasteiger partial charge in [-0.1, -0.05) is 56.8 Å². The van der Waals surface area contributed by atoms with Gasteiger partial charge in [0.2, 0.25) is 0 Å². The first-order chi connectivity index (χ1) is 14.9. The fourth-order valence-corrected chi connectivity index (χ4v) is 3.69. The molecule has 0 saturated carbocycles. The minimum atomic E-state index is -0.236. The number of likely N-dealkylation sites (N-methyl/N-ethyl adjacent to an activating group) is 1. The molecule has 0 radical (unpaired) electrons. The third-order valence-corrected chi connectivity index (χ3v) is 5.21. The van der Waals surface area contributed by atoms with Crippen LogP contribution >= 0.6 is 0 Å². The number of ether oxygens (including phenoxy) is 2. The van der Waals surface area contributed by atoms with Gasteiger partial charge in [0.1, 0.15) is 18.9 Å². The number of nitrogens with zero attached hydrogens (tertiary/aromatic N) is 2. The molecule has 32 heavy (non-hydrogen) atoms. The van der Waals surface area contributed by atoms with Crippen molar-refractivity contribution in [2.75, 3.05) is 33.8 Å². The highest BCUT2D eigenvalue weighted by Gasteiger charge is 2.34. The van der Waals surface area contributed by atoms with E-state index >= 15 is 0 Å². The highest BCUT2D eigenvalue weighted by atomic mass is 16.5. The van der Waals surface area contributed by atoms with E-state index in [2.05, 4.69) is 73.3 Å². The molecule has 1 atom stereocenters. The Hall–Kier alpha value is -2.73. The molecule has 0 amide bonds. The van der Waals surface area contributed by atoms with Gasteiger partial charge in [-0.15, -0.1) is 0 Å². The number of dihydropyridines is 1. The molecule has 1 fully saturated rings. The fourth-order valence-electron chi connectivity index (χ4n) is 3.69. The van der Waals surface area contributed by atoms with Crippen LogP contribution in [0.2, 0.25) is 0 Å². The van der Waals surface area contributed by atoms with Crippen LogP contribution in [-0.2, 0) is 20.9 Å². The van der Waals surface area contributed by atoms with Gasteiger partial charge in [0, 0.05) is 19.6 Å². The van der Waals surface area contributed by atoms with Gasteiger partial charge in [0.05, 0.1) is 12.6 Å². The van der Waals surface area contributed by atoms with Gasteiger partial charge < -0.3 is 29.4 Å². The van der Waals surface area contributed by atoms with Gasteiger partial charge in [-0.05, 0) is 45.0 Å². The summed E-state index contributed by atoms with van der Waals surface area (Å²) in [6, 6.07) is 10.1. The average molecular weight is 444 g/mol. The number of methoxy groups -OCH3 is 1. The Kier molecular flexibility index (Phi) is 11.6. The minimum Gasteiger partial charge on any atom is -0.483 e. The summed E-state index contributed by atoms with van der Waals surface area (Å²) in [6.45, 7) is 10.5. The number of hydrogen-bond acceptors (Lipinski definition) is 6. The lowest BCUT2D eigenvalue weighted by Crippen LogP contribution is -2.57. The Balaban J connectivity index is 0.000000393. The van der Waals surface area contributed by atoms with E-state index in [1.165, 1.54) is 5.56 Å². The Bertz CT molecular complexity index is 772.